The van der Waals surface area contributed by atoms with Gasteiger partial charge in [-0.1, -0.05) is 35.9 Å². The van der Waals surface area contributed by atoms with E-state index in [4.69, 9.17) is 9.84 Å². The lowest BCUT2D eigenvalue weighted by Crippen LogP contribution is -2.38. The van der Waals surface area contributed by atoms with Gasteiger partial charge in [-0.2, -0.15) is 0 Å². The Hall–Kier alpha value is -2.53. The minimum absolute atomic E-state index is 0.0242. The van der Waals surface area contributed by atoms with Gasteiger partial charge in [-0.3, -0.25) is 0 Å². The quantitative estimate of drug-likeness (QED) is 0.810. The van der Waals surface area contributed by atoms with Gasteiger partial charge in [0.1, 0.15) is 12.4 Å². The number of anilines is 1. The fourth-order valence-electron chi connectivity index (χ4n) is 2.77. The van der Waals surface area contributed by atoms with E-state index >= 15 is 0 Å². The molecule has 0 aliphatic heterocycles. The fraction of sp³-hybridized carbons (Fsp3) is 0.350. The van der Waals surface area contributed by atoms with E-state index in [1.165, 1.54) is 5.56 Å². The van der Waals surface area contributed by atoms with Crippen molar-refractivity contribution in [2.24, 2.45) is 0 Å². The number of aliphatic hydroxyl groups excluding tert-OH is 1. The minimum atomic E-state index is -0.174. The Morgan fingerprint density at radius 3 is 2.76 bits per heavy atom. The van der Waals surface area contributed by atoms with Crippen LogP contribution in [0.25, 0.3) is 0 Å². The Kier molecular flexibility index (Phi) is 5.56. The van der Waals surface area contributed by atoms with E-state index in [-0.39, 0.29) is 18.7 Å². The molecule has 1 saturated carbocycles. The smallest absolute Gasteiger partial charge is 0.322 e. The molecule has 3 rings (SSSR count). The Bertz CT molecular complexity index is 728. The van der Waals surface area contributed by atoms with E-state index in [2.05, 4.69) is 24.4 Å². The van der Waals surface area contributed by atoms with Crippen LogP contribution in [-0.4, -0.2) is 35.2 Å². The molecule has 5 nitrogen and oxygen atoms in total. The Labute approximate surface area is 148 Å². The summed E-state index contributed by atoms with van der Waals surface area (Å²) in [5.41, 5.74) is 3.00. The molecule has 1 aliphatic carbocycles. The molecule has 1 fully saturated rings. The average molecular weight is 340 g/mol. The van der Waals surface area contributed by atoms with Crippen LogP contribution in [0.4, 0.5) is 10.5 Å². The third-order valence-electron chi connectivity index (χ3n) is 4.16. The van der Waals surface area contributed by atoms with Crippen LogP contribution >= 0.6 is 0 Å². The van der Waals surface area contributed by atoms with Crippen molar-refractivity contribution in [1.82, 2.24) is 4.90 Å². The minimum Gasteiger partial charge on any atom is -0.489 e. The van der Waals surface area contributed by atoms with Crippen LogP contribution in [0.15, 0.2) is 48.5 Å². The molecule has 0 unspecified atom stereocenters. The monoisotopic (exact) mass is 340 g/mol. The molecule has 1 aliphatic rings. The first kappa shape index (κ1) is 17.3. The second-order valence-electron chi connectivity index (χ2n) is 6.38. The Morgan fingerprint density at radius 2 is 2.04 bits per heavy atom. The van der Waals surface area contributed by atoms with Gasteiger partial charge in [0.2, 0.25) is 0 Å². The summed E-state index contributed by atoms with van der Waals surface area (Å²) in [6.45, 7) is 2.87. The summed E-state index contributed by atoms with van der Waals surface area (Å²) in [4.78, 5) is 14.1. The lowest BCUT2D eigenvalue weighted by molar-refractivity contribution is 0.185. The van der Waals surface area contributed by atoms with Crippen LogP contribution < -0.4 is 10.1 Å². The van der Waals surface area contributed by atoms with Crippen molar-refractivity contribution in [2.75, 3.05) is 18.5 Å². The molecule has 0 saturated heterocycles. The van der Waals surface area contributed by atoms with E-state index in [9.17, 15) is 4.79 Å². The van der Waals surface area contributed by atoms with Gasteiger partial charge < -0.3 is 20.1 Å². The van der Waals surface area contributed by atoms with Gasteiger partial charge in [0.15, 0.2) is 0 Å². The molecule has 2 aromatic rings. The molecule has 0 bridgehead atoms. The van der Waals surface area contributed by atoms with Crippen LogP contribution in [-0.2, 0) is 6.61 Å². The lowest BCUT2D eigenvalue weighted by Gasteiger charge is -2.22. The number of aliphatic hydroxyl groups is 1. The van der Waals surface area contributed by atoms with Crippen molar-refractivity contribution in [1.29, 1.82) is 0 Å². The van der Waals surface area contributed by atoms with Gasteiger partial charge in [0, 0.05) is 24.3 Å². The summed E-state index contributed by atoms with van der Waals surface area (Å²) < 4.78 is 5.83. The van der Waals surface area contributed by atoms with E-state index in [1.54, 1.807) is 4.90 Å². The number of carbonyl (C=O) groups is 1. The molecule has 0 atom stereocenters. The first-order valence-electron chi connectivity index (χ1n) is 8.62. The molecule has 0 aromatic heterocycles. The van der Waals surface area contributed by atoms with Crippen molar-refractivity contribution in [3.63, 3.8) is 0 Å². The maximum absolute atomic E-state index is 12.4. The molecule has 25 heavy (non-hydrogen) atoms. The Balaban J connectivity index is 1.60. The van der Waals surface area contributed by atoms with Gasteiger partial charge >= 0.3 is 6.03 Å². The van der Waals surface area contributed by atoms with Crippen LogP contribution in [0, 0.1) is 6.92 Å². The largest absolute Gasteiger partial charge is 0.489 e. The van der Waals surface area contributed by atoms with Crippen LogP contribution in [0.2, 0.25) is 0 Å². The van der Waals surface area contributed by atoms with Crippen LogP contribution in [0.1, 0.15) is 24.0 Å². The second-order valence-corrected chi connectivity index (χ2v) is 6.38. The van der Waals surface area contributed by atoms with E-state index in [0.29, 0.717) is 24.6 Å². The molecule has 132 valence electrons. The number of ether oxygens (including phenoxy) is 1. The van der Waals surface area contributed by atoms with Crippen molar-refractivity contribution in [3.05, 3.63) is 59.7 Å². The first-order chi connectivity index (χ1) is 12.2. The normalized spacial score (nSPS) is 13.4. The predicted octanol–water partition coefficient (Wildman–Crippen LogP) is 3.56. The van der Waals surface area contributed by atoms with Gasteiger partial charge in [0.05, 0.1) is 6.61 Å². The fourth-order valence-corrected chi connectivity index (χ4v) is 2.77. The van der Waals surface area contributed by atoms with E-state index in [1.807, 2.05) is 36.4 Å². The van der Waals surface area contributed by atoms with Gasteiger partial charge in [-0.15, -0.1) is 0 Å². The third-order valence-corrected chi connectivity index (χ3v) is 4.16. The standard InChI is InChI=1S/C20H24N2O3/c1-15-4-2-5-16(12-15)14-25-19-7-3-6-17(13-19)21-20(24)22(10-11-23)18-8-9-18/h2-7,12-13,18,23H,8-11,14H2,1H3,(H,21,24). The van der Waals surface area contributed by atoms with Gasteiger partial charge in [-0.05, 0) is 37.5 Å². The van der Waals surface area contributed by atoms with Crippen molar-refractivity contribution in [3.8, 4) is 5.75 Å². The zero-order valence-electron chi connectivity index (χ0n) is 14.4. The second kappa shape index (κ2) is 8.03. The molecule has 2 aromatic carbocycles. The highest BCUT2D eigenvalue weighted by Crippen LogP contribution is 2.27. The third kappa shape index (κ3) is 4.97. The summed E-state index contributed by atoms with van der Waals surface area (Å²) >= 11 is 0. The number of urea groups is 1. The molecule has 5 heteroatoms. The van der Waals surface area contributed by atoms with Gasteiger partial charge in [-0.25, -0.2) is 4.79 Å². The van der Waals surface area contributed by atoms with E-state index < -0.39 is 0 Å². The van der Waals surface area contributed by atoms with E-state index in [0.717, 1.165) is 18.4 Å². The molecule has 2 N–H and O–H groups in total. The number of nitrogens with one attached hydrogen (secondary N) is 1. The number of hydrogen-bond acceptors (Lipinski definition) is 3. The van der Waals surface area contributed by atoms with Crippen LogP contribution in [0.5, 0.6) is 5.75 Å². The number of benzene rings is 2. The predicted molar refractivity (Wildman–Crippen MR) is 97.8 cm³/mol. The summed E-state index contributed by atoms with van der Waals surface area (Å²) in [7, 11) is 0. The van der Waals surface area contributed by atoms with Crippen molar-refractivity contribution < 1.29 is 14.6 Å². The number of hydrogen-bond donors (Lipinski definition) is 2. The topological polar surface area (TPSA) is 61.8 Å². The summed E-state index contributed by atoms with van der Waals surface area (Å²) in [5, 5.41) is 12.0. The van der Waals surface area contributed by atoms with Crippen molar-refractivity contribution in [2.45, 2.75) is 32.4 Å². The molecule has 2 amide bonds. The zero-order valence-corrected chi connectivity index (χ0v) is 14.4. The maximum atomic E-state index is 12.4. The van der Waals surface area contributed by atoms with Gasteiger partial charge in [0.25, 0.3) is 0 Å². The number of amides is 2. The number of rotatable bonds is 7. The molecular weight excluding hydrogens is 316 g/mol. The first-order valence-corrected chi connectivity index (χ1v) is 8.62. The summed E-state index contributed by atoms with van der Waals surface area (Å²) in [6.07, 6.45) is 2.01. The maximum Gasteiger partial charge on any atom is 0.322 e. The summed E-state index contributed by atoms with van der Waals surface area (Å²) in [6, 6.07) is 15.6. The SMILES string of the molecule is Cc1cccc(COc2cccc(NC(=O)N(CCO)C3CC3)c2)c1. The molecular formula is C20H24N2O3. The molecule has 0 heterocycles. The average Bonchev–Trinajstić information content (AvgIpc) is 3.43. The molecule has 0 spiro atoms. The highest BCUT2D eigenvalue weighted by atomic mass is 16.5. The summed E-state index contributed by atoms with van der Waals surface area (Å²) in [5.74, 6) is 0.708. The van der Waals surface area contributed by atoms with Crippen molar-refractivity contribution >= 4 is 11.7 Å². The number of nitrogens with zero attached hydrogens (tertiary/aromatic N) is 1. The number of carbonyl (C=O) groups excluding carboxylic acids is 1. The lowest BCUT2D eigenvalue weighted by atomic mass is 10.1. The highest BCUT2D eigenvalue weighted by molar-refractivity contribution is 5.90. The zero-order chi connectivity index (χ0) is 17.6. The highest BCUT2D eigenvalue weighted by Gasteiger charge is 2.32. The number of aryl methyl sites for hydroxylation is 1. The van der Waals surface area contributed by atoms with Crippen LogP contribution in [0.3, 0.4) is 0 Å². The Morgan fingerprint density at radius 1 is 1.24 bits per heavy atom. The molecule has 0 radical (unpaired) electrons.